The van der Waals surface area contributed by atoms with Crippen LogP contribution in [-0.2, 0) is 11.0 Å². The third-order valence-electron chi connectivity index (χ3n) is 3.59. The Balaban J connectivity index is 2.01. The van der Waals surface area contributed by atoms with Gasteiger partial charge in [0.1, 0.15) is 0 Å². The first-order chi connectivity index (χ1) is 11.3. The van der Waals surface area contributed by atoms with Crippen LogP contribution in [0.2, 0.25) is 0 Å². The van der Waals surface area contributed by atoms with Crippen LogP contribution >= 0.6 is 0 Å². The van der Waals surface area contributed by atoms with Gasteiger partial charge in [-0.2, -0.15) is 13.2 Å². The summed E-state index contributed by atoms with van der Waals surface area (Å²) in [7, 11) is 0. The fourth-order valence-electron chi connectivity index (χ4n) is 2.35. The van der Waals surface area contributed by atoms with Crippen molar-refractivity contribution in [2.45, 2.75) is 20.0 Å². The van der Waals surface area contributed by atoms with E-state index in [2.05, 4.69) is 5.32 Å². The lowest BCUT2D eigenvalue weighted by atomic mass is 10.2. The second-order valence-corrected chi connectivity index (χ2v) is 5.41. The molecule has 0 aliphatic carbocycles. The lowest BCUT2D eigenvalue weighted by Crippen LogP contribution is -2.35. The smallest absolute Gasteiger partial charge is 0.376 e. The molecule has 6 heteroatoms. The van der Waals surface area contributed by atoms with Gasteiger partial charge < -0.3 is 10.2 Å². The van der Waals surface area contributed by atoms with Gasteiger partial charge in [0, 0.05) is 17.9 Å². The van der Waals surface area contributed by atoms with Crippen molar-refractivity contribution in [2.75, 3.05) is 23.3 Å². The van der Waals surface area contributed by atoms with Gasteiger partial charge in [-0.3, -0.25) is 4.79 Å². The van der Waals surface area contributed by atoms with E-state index in [4.69, 9.17) is 0 Å². The molecule has 0 radical (unpaired) electrons. The van der Waals surface area contributed by atoms with Crippen molar-refractivity contribution < 1.29 is 18.0 Å². The molecule has 0 aromatic heterocycles. The molecule has 0 fully saturated rings. The summed E-state index contributed by atoms with van der Waals surface area (Å²) in [6.07, 6.45) is -4.36. The highest BCUT2D eigenvalue weighted by Crippen LogP contribution is 2.29. The van der Waals surface area contributed by atoms with Crippen LogP contribution in [0.1, 0.15) is 18.1 Å². The number of anilines is 2. The predicted molar refractivity (Wildman–Crippen MR) is 89.1 cm³/mol. The quantitative estimate of drug-likeness (QED) is 0.873. The summed E-state index contributed by atoms with van der Waals surface area (Å²) in [4.78, 5) is 14.0. The molecule has 128 valence electrons. The van der Waals surface area contributed by atoms with Gasteiger partial charge in [-0.15, -0.1) is 0 Å². The van der Waals surface area contributed by atoms with Gasteiger partial charge in [0.25, 0.3) is 0 Å². The van der Waals surface area contributed by atoms with Crippen LogP contribution in [0.3, 0.4) is 0 Å². The lowest BCUT2D eigenvalue weighted by Gasteiger charge is -2.22. The Hall–Kier alpha value is -2.50. The van der Waals surface area contributed by atoms with Crippen LogP contribution in [0.15, 0.2) is 48.5 Å². The first-order valence-corrected chi connectivity index (χ1v) is 7.59. The summed E-state index contributed by atoms with van der Waals surface area (Å²) >= 11 is 0. The number of nitrogens with one attached hydrogen (secondary N) is 1. The largest absolute Gasteiger partial charge is 0.416 e. The lowest BCUT2D eigenvalue weighted by molar-refractivity contribution is -0.137. The number of carbonyl (C=O) groups is 1. The summed E-state index contributed by atoms with van der Waals surface area (Å²) < 4.78 is 37.6. The fourth-order valence-corrected chi connectivity index (χ4v) is 2.35. The number of hydrogen-bond acceptors (Lipinski definition) is 2. The van der Waals surface area contributed by atoms with E-state index in [0.717, 1.165) is 23.4 Å². The number of likely N-dealkylation sites (N-methyl/N-ethyl adjacent to an activating group) is 1. The Labute approximate surface area is 139 Å². The molecule has 2 rings (SSSR count). The minimum atomic E-state index is -4.36. The van der Waals surface area contributed by atoms with Gasteiger partial charge in [-0.05, 0) is 55.8 Å². The number of halogens is 3. The number of nitrogens with zero attached hydrogens (tertiary/aromatic N) is 1. The van der Waals surface area contributed by atoms with Gasteiger partial charge >= 0.3 is 6.18 Å². The highest BCUT2D eigenvalue weighted by atomic mass is 19.4. The third kappa shape index (κ3) is 4.50. The second-order valence-electron chi connectivity index (χ2n) is 5.41. The van der Waals surface area contributed by atoms with Gasteiger partial charge in [0.2, 0.25) is 5.91 Å². The maximum Gasteiger partial charge on any atom is 0.416 e. The molecule has 0 aliphatic heterocycles. The van der Waals surface area contributed by atoms with Crippen LogP contribution in [0, 0.1) is 6.92 Å². The van der Waals surface area contributed by atoms with E-state index in [9.17, 15) is 18.0 Å². The molecule has 2 aromatic rings. The molecule has 0 atom stereocenters. The minimum Gasteiger partial charge on any atom is -0.376 e. The first kappa shape index (κ1) is 17.8. The molecule has 0 aliphatic rings. The normalized spacial score (nSPS) is 11.2. The van der Waals surface area contributed by atoms with E-state index in [0.29, 0.717) is 12.2 Å². The number of benzene rings is 2. The molecule has 0 saturated heterocycles. The molecule has 0 spiro atoms. The van der Waals surface area contributed by atoms with Crippen molar-refractivity contribution in [2.24, 2.45) is 0 Å². The number of carbonyl (C=O) groups excluding carboxylic acids is 1. The van der Waals surface area contributed by atoms with Crippen molar-refractivity contribution in [1.29, 1.82) is 0 Å². The van der Waals surface area contributed by atoms with E-state index < -0.39 is 11.7 Å². The van der Waals surface area contributed by atoms with E-state index >= 15 is 0 Å². The Kier molecular flexibility index (Phi) is 5.49. The highest BCUT2D eigenvalue weighted by molar-refractivity contribution is 5.96. The topological polar surface area (TPSA) is 32.3 Å². The zero-order valence-corrected chi connectivity index (χ0v) is 13.5. The van der Waals surface area contributed by atoms with E-state index in [-0.39, 0.29) is 12.5 Å². The maximum absolute atomic E-state index is 12.5. The van der Waals surface area contributed by atoms with Gasteiger partial charge in [-0.25, -0.2) is 0 Å². The Morgan fingerprint density at radius 3 is 2.33 bits per heavy atom. The summed E-state index contributed by atoms with van der Waals surface area (Å²) in [6.45, 7) is 4.34. The Bertz CT molecular complexity index is 696. The molecule has 3 nitrogen and oxygen atoms in total. The molecule has 2 aromatic carbocycles. The summed E-state index contributed by atoms with van der Waals surface area (Å²) in [5.74, 6) is -0.150. The summed E-state index contributed by atoms with van der Waals surface area (Å²) in [5.41, 5.74) is 1.61. The third-order valence-corrected chi connectivity index (χ3v) is 3.59. The van der Waals surface area contributed by atoms with Crippen LogP contribution in [0.25, 0.3) is 0 Å². The average Bonchev–Trinajstić information content (AvgIpc) is 2.53. The van der Waals surface area contributed by atoms with Crippen molar-refractivity contribution in [1.82, 2.24) is 0 Å². The number of rotatable bonds is 5. The number of hydrogen-bond donors (Lipinski definition) is 1. The van der Waals surface area contributed by atoms with Crippen molar-refractivity contribution in [3.8, 4) is 0 Å². The summed E-state index contributed by atoms with van der Waals surface area (Å²) in [5, 5.41) is 2.86. The standard InChI is InChI=1S/C18H19F3N2O/c1-3-23(16-6-4-5-13(2)11-16)17(24)12-22-15-9-7-14(8-10-15)18(19,20)21/h4-11,22H,3,12H2,1-2H3. The van der Waals surface area contributed by atoms with Gasteiger partial charge in [0.15, 0.2) is 0 Å². The van der Waals surface area contributed by atoms with Gasteiger partial charge in [-0.1, -0.05) is 12.1 Å². The molecule has 0 heterocycles. The number of amides is 1. The molecular weight excluding hydrogens is 317 g/mol. The summed E-state index contributed by atoms with van der Waals surface area (Å²) in [6, 6.07) is 12.2. The van der Waals surface area contributed by atoms with Crippen LogP contribution in [0.4, 0.5) is 24.5 Å². The molecule has 0 bridgehead atoms. The monoisotopic (exact) mass is 336 g/mol. The molecule has 0 saturated carbocycles. The highest BCUT2D eigenvalue weighted by Gasteiger charge is 2.29. The average molecular weight is 336 g/mol. The maximum atomic E-state index is 12.5. The van der Waals surface area contributed by atoms with E-state index in [1.54, 1.807) is 4.90 Å². The number of alkyl halides is 3. The zero-order chi connectivity index (χ0) is 17.7. The molecule has 1 amide bonds. The molecule has 1 N–H and O–H groups in total. The second kappa shape index (κ2) is 7.38. The SMILES string of the molecule is CCN(C(=O)CNc1ccc(C(F)(F)F)cc1)c1cccc(C)c1. The van der Waals surface area contributed by atoms with Crippen LogP contribution in [0.5, 0.6) is 0 Å². The zero-order valence-electron chi connectivity index (χ0n) is 13.5. The molecule has 0 unspecified atom stereocenters. The van der Waals surface area contributed by atoms with Crippen molar-refractivity contribution in [3.63, 3.8) is 0 Å². The molecule has 24 heavy (non-hydrogen) atoms. The van der Waals surface area contributed by atoms with E-state index in [1.807, 2.05) is 38.1 Å². The molecular formula is C18H19F3N2O. The minimum absolute atomic E-state index is 0.00709. The van der Waals surface area contributed by atoms with Crippen LogP contribution in [-0.4, -0.2) is 19.0 Å². The first-order valence-electron chi connectivity index (χ1n) is 7.59. The van der Waals surface area contributed by atoms with Crippen LogP contribution < -0.4 is 10.2 Å². The number of aryl methyl sites for hydroxylation is 1. The van der Waals surface area contributed by atoms with E-state index in [1.165, 1.54) is 12.1 Å². The van der Waals surface area contributed by atoms with Crippen molar-refractivity contribution >= 4 is 17.3 Å². The Morgan fingerprint density at radius 1 is 1.12 bits per heavy atom. The Morgan fingerprint density at radius 2 is 1.79 bits per heavy atom. The van der Waals surface area contributed by atoms with Gasteiger partial charge in [0.05, 0.1) is 12.1 Å². The predicted octanol–water partition coefficient (Wildman–Crippen LogP) is 4.48. The van der Waals surface area contributed by atoms with Crippen molar-refractivity contribution in [3.05, 3.63) is 59.7 Å². The fraction of sp³-hybridized carbons (Fsp3) is 0.278.